The number of aryl methyl sites for hydroxylation is 5. The molecule has 0 radical (unpaired) electrons. The summed E-state index contributed by atoms with van der Waals surface area (Å²) in [4.78, 5) is 176. The van der Waals surface area contributed by atoms with E-state index in [2.05, 4.69) is 78.3 Å². The summed E-state index contributed by atoms with van der Waals surface area (Å²) in [6.45, 7) is 12.9. The summed E-state index contributed by atoms with van der Waals surface area (Å²) in [6, 6.07) is 11.7. The number of aliphatic hydroxyl groups excluding tert-OH is 2. The first-order valence-electron chi connectivity index (χ1n) is 39.3. The number of nitrogens with one attached hydrogen (secondary N) is 12. The number of ether oxygens (including phenoxy) is 1. The number of primary amides is 1. The molecule has 0 saturated carbocycles. The van der Waals surface area contributed by atoms with E-state index in [1.54, 1.807) is 36.8 Å². The minimum atomic E-state index is -2.36. The number of hydrogen-bond donors (Lipinski definition) is 18. The molecule has 5 rings (SSSR count). The number of amidine groups is 1. The molecule has 0 aliphatic carbocycles. The van der Waals surface area contributed by atoms with Crippen molar-refractivity contribution in [2.75, 3.05) is 19.7 Å². The summed E-state index contributed by atoms with van der Waals surface area (Å²) in [5, 5.41) is 63.6. The van der Waals surface area contributed by atoms with Gasteiger partial charge in [-0.1, -0.05) is 116 Å². The van der Waals surface area contributed by atoms with E-state index in [-0.39, 0.29) is 30.7 Å². The van der Waals surface area contributed by atoms with E-state index in [4.69, 9.17) is 27.6 Å². The Morgan fingerprint density at radius 3 is 1.90 bits per heavy atom. The largest absolute Gasteiger partial charge is 0.494 e. The second-order valence-corrected chi connectivity index (χ2v) is 30.0. The van der Waals surface area contributed by atoms with E-state index in [1.807, 2.05) is 62.7 Å². The van der Waals surface area contributed by atoms with E-state index in [0.29, 0.717) is 63.0 Å². The Morgan fingerprint density at radius 1 is 0.636 bits per heavy atom. The summed E-state index contributed by atoms with van der Waals surface area (Å²) in [5.41, 5.74) is 25.5. The number of carboxylic acid groups (broad SMARTS) is 1. The van der Waals surface area contributed by atoms with Gasteiger partial charge in [0, 0.05) is 49.0 Å². The lowest BCUT2D eigenvalue weighted by atomic mass is 9.90. The maximum Gasteiger partial charge on any atom is 0.305 e. The predicted molar refractivity (Wildman–Crippen MR) is 437 cm³/mol. The molecule has 0 spiro atoms. The van der Waals surface area contributed by atoms with Gasteiger partial charge in [-0.2, -0.15) is 5.10 Å². The number of benzene rings is 4. The number of H-pyrrole nitrogens is 1. The molecule has 21 N–H and O–H groups in total. The van der Waals surface area contributed by atoms with Crippen LogP contribution in [0.2, 0.25) is 0 Å². The molecule has 1 aromatic heterocycles. The van der Waals surface area contributed by atoms with Gasteiger partial charge in [-0.15, -0.1) is 0 Å². The summed E-state index contributed by atoms with van der Waals surface area (Å²) < 4.78 is 21.5. The zero-order valence-electron chi connectivity index (χ0n) is 68.3. The average molecular weight is 1640 g/mol. The first kappa shape index (κ1) is 96.5. The van der Waals surface area contributed by atoms with E-state index in [1.165, 1.54) is 32.0 Å². The number of carbonyl (C=O) groups excluding carboxylic acids is 11. The number of unbranched alkanes of at least 4 members (excludes halogenated alkanes) is 6. The van der Waals surface area contributed by atoms with Gasteiger partial charge in [-0.3, -0.25) is 57.5 Å². The molecule has 0 aliphatic heterocycles. The molecular formula is C81H115FN20O16. The van der Waals surface area contributed by atoms with Gasteiger partial charge in [0.05, 0.1) is 38.1 Å². The molecule has 5 aromatic rings. The van der Waals surface area contributed by atoms with Crippen molar-refractivity contribution in [3.63, 3.8) is 0 Å². The number of hydrazone groups is 1. The number of hydrazine groups is 1. The van der Waals surface area contributed by atoms with Crippen LogP contribution in [0.1, 0.15) is 171 Å². The fourth-order valence-electron chi connectivity index (χ4n) is 12.9. The van der Waals surface area contributed by atoms with E-state index >= 15 is 4.39 Å². The van der Waals surface area contributed by atoms with E-state index < -0.39 is 168 Å². The molecular weight excluding hydrogens is 1530 g/mol. The molecule has 0 aliphatic rings. The van der Waals surface area contributed by atoms with Crippen LogP contribution in [-0.2, 0) is 89.6 Å². The molecule has 4 aromatic carbocycles. The second kappa shape index (κ2) is 48.5. The van der Waals surface area contributed by atoms with E-state index in [9.17, 15) is 72.9 Å². The number of nitrogens with two attached hydrogens (primary N) is 3. The van der Waals surface area contributed by atoms with Crippen LogP contribution in [0.15, 0.2) is 108 Å². The zero-order valence-corrected chi connectivity index (χ0v) is 68.3. The maximum absolute atomic E-state index is 15.6. The first-order chi connectivity index (χ1) is 56.0. The minimum absolute atomic E-state index is 0.0889. The highest BCUT2D eigenvalue weighted by atomic mass is 19.1. The Bertz CT molecular complexity index is 4290. The lowest BCUT2D eigenvalue weighted by Crippen LogP contribution is -2.66. The minimum Gasteiger partial charge on any atom is -0.494 e. The Labute approximate surface area is 684 Å². The Balaban J connectivity index is 1.29. The van der Waals surface area contributed by atoms with Gasteiger partial charge in [0.2, 0.25) is 65.0 Å². The van der Waals surface area contributed by atoms with Crippen LogP contribution < -0.4 is 80.7 Å². The van der Waals surface area contributed by atoms with Crippen molar-refractivity contribution in [2.45, 2.75) is 243 Å². The third-order valence-corrected chi connectivity index (χ3v) is 19.3. The number of amides is 11. The third-order valence-electron chi connectivity index (χ3n) is 19.3. The summed E-state index contributed by atoms with van der Waals surface area (Å²) in [6.07, 6.45) is 6.48. The van der Waals surface area contributed by atoms with E-state index in [0.717, 1.165) is 111 Å². The van der Waals surface area contributed by atoms with Gasteiger partial charge in [0.15, 0.2) is 0 Å². The molecule has 11 amide bonds. The maximum atomic E-state index is 15.6. The molecule has 0 saturated heterocycles. The van der Waals surface area contributed by atoms with Gasteiger partial charge in [-0.25, -0.2) is 20.8 Å². The van der Waals surface area contributed by atoms with Gasteiger partial charge < -0.3 is 89.7 Å². The standard InChI is InChI=1S/C81H115FN20O16/c1-10-54-40-58(118-35-20-19-34-90-101-85)32-33-59(54)55-30-28-52(29-31-55)39-62(74(112)92-61(71(84)109)26-21-22-53-37-47(2)36-48(3)38-53)94-75(113)64(42-68(107)108)93-72(110)49(4)91-76(114)69(50(5)103)97-79(117)81(9,43-56-23-17-18-25-60(56)82)99-77(115)70(51(6)104)96-67(106)45-88-73(111)63(41-65(83)100-102-86)95-78(116)80(7,8)98-66(105)27-16-14-12-11-13-15-24-57-44-87-46-89-57/h17-18,23,25,28-33,36-38,40,44,46,49-51,61-64,69-70,102-104H,10-16,19-22,24,26-27,34-35,39,41-43,45,86H2,1-9H3,(H2,83,100)(H2,84,109)(H,87,89)(H,88,111)(H,91,114)(H,92,112)(H,93,110)(H,94,113)(H,95,116)(H,96,106)(H,97,117)(H,98,105)(H,99,115)(H,107,108)/t49-,50+,51+,61-,62-,63-,64-,69-,70-,81-/m0/s1. The van der Waals surface area contributed by atoms with Crippen molar-refractivity contribution in [3.8, 4) is 16.9 Å². The number of carbonyl (C=O) groups is 12. The SMILES string of the molecule is CCc1cc(OCCCCN=[N+]=[N-])ccc1-c1ccc(C[C@H](NC(=O)[C@H](CC(=O)O)NC(=O)[C@H](C)NC(=O)[C@@H](NC(=O)[C@](C)(Cc2ccccc2F)NC(=O)[C@@H](NC(=O)CNC(=O)[C@H](C/C(N)=N/NN)NC(=O)C(C)(C)NC(=O)CCCCCCCCc2cnc[nH]2)[C@@H](C)O)[C@@H](C)O)C(=O)N[C@@H](CCCc2cc(C)cc(C)c2)C(N)=O)cc1. The lowest BCUT2D eigenvalue weighted by Gasteiger charge is -2.34. The first-order valence-corrected chi connectivity index (χ1v) is 39.3. The van der Waals surface area contributed by atoms with Crippen LogP contribution >= 0.6 is 0 Å². The smallest absolute Gasteiger partial charge is 0.305 e. The number of nitrogens with zero attached hydrogens (tertiary/aromatic N) is 5. The van der Waals surface area contributed by atoms with Crippen LogP contribution in [0.4, 0.5) is 4.39 Å². The number of azide groups is 1. The number of aromatic nitrogens is 2. The number of hydrogen-bond acceptors (Lipinski definition) is 20. The quantitative estimate of drug-likeness (QED) is 0.00389. The van der Waals surface area contributed by atoms with Crippen molar-refractivity contribution in [1.29, 1.82) is 0 Å². The Kier molecular flexibility index (Phi) is 39.6. The predicted octanol–water partition coefficient (Wildman–Crippen LogP) is 2.79. The molecule has 118 heavy (non-hydrogen) atoms. The van der Waals surface area contributed by atoms with Crippen LogP contribution in [0.25, 0.3) is 21.6 Å². The molecule has 36 nitrogen and oxygen atoms in total. The number of carboxylic acids is 1. The fourth-order valence-corrected chi connectivity index (χ4v) is 12.9. The summed E-state index contributed by atoms with van der Waals surface area (Å²) >= 11 is 0. The normalized spacial score (nSPS) is 14.2. The van der Waals surface area contributed by atoms with Gasteiger partial charge in [0.1, 0.15) is 70.8 Å². The molecule has 10 atom stereocenters. The Hall–Kier alpha value is -12.1. The summed E-state index contributed by atoms with van der Waals surface area (Å²) in [5.74, 6) is -8.17. The monoisotopic (exact) mass is 1640 g/mol. The topological polar surface area (TPSA) is 575 Å². The van der Waals surface area contributed by atoms with Gasteiger partial charge >= 0.3 is 5.97 Å². The molecule has 642 valence electrons. The van der Waals surface area contributed by atoms with Crippen molar-refractivity contribution >= 4 is 76.8 Å². The van der Waals surface area contributed by atoms with Crippen LogP contribution in [-0.4, -0.2) is 187 Å². The van der Waals surface area contributed by atoms with Crippen molar-refractivity contribution in [3.05, 3.63) is 153 Å². The van der Waals surface area contributed by atoms with Crippen LogP contribution in [0, 0.1) is 19.7 Å². The number of aliphatic hydroxyl groups is 2. The third kappa shape index (κ3) is 32.9. The summed E-state index contributed by atoms with van der Waals surface area (Å²) in [7, 11) is 0. The highest BCUT2D eigenvalue weighted by Crippen LogP contribution is 2.29. The highest BCUT2D eigenvalue weighted by molar-refractivity contribution is 6.01. The fraction of sp³-hybridized carbons (Fsp3) is 0.506. The number of aromatic amines is 1. The lowest BCUT2D eigenvalue weighted by molar-refractivity contribution is -0.142. The number of imidazole rings is 1. The number of rotatable bonds is 52. The average Bonchev–Trinajstić information content (AvgIpc) is 0.945. The van der Waals surface area contributed by atoms with Crippen LogP contribution in [0.3, 0.4) is 0 Å². The van der Waals surface area contributed by atoms with Crippen molar-refractivity contribution < 1.29 is 82.0 Å². The van der Waals surface area contributed by atoms with Crippen LogP contribution in [0.5, 0.6) is 5.75 Å². The second-order valence-electron chi connectivity index (χ2n) is 30.0. The molecule has 37 heteroatoms. The Morgan fingerprint density at radius 2 is 1.27 bits per heavy atom. The van der Waals surface area contributed by atoms with Gasteiger partial charge in [-0.05, 0) is 170 Å². The van der Waals surface area contributed by atoms with Crippen molar-refractivity contribution in [1.82, 2.24) is 68.7 Å². The molecule has 0 bridgehead atoms. The molecule has 0 unspecified atom stereocenters. The van der Waals surface area contributed by atoms with Gasteiger partial charge in [0.25, 0.3) is 0 Å². The molecule has 0 fully saturated rings. The number of halogens is 1. The van der Waals surface area contributed by atoms with Crippen molar-refractivity contribution in [2.24, 2.45) is 27.5 Å². The number of aliphatic carboxylic acids is 1. The molecule has 1 heterocycles. The zero-order chi connectivity index (χ0) is 87.2. The highest BCUT2D eigenvalue weighted by Gasteiger charge is 2.43.